The Morgan fingerprint density at radius 1 is 1.18 bits per heavy atom. The molecule has 1 N–H and O–H groups in total. The van der Waals surface area contributed by atoms with Crippen molar-refractivity contribution in [1.82, 2.24) is 10.2 Å². The molecule has 17 heavy (non-hydrogen) atoms. The largest absolute Gasteiger partial charge is 0.311 e. The molecule has 1 aromatic rings. The van der Waals surface area contributed by atoms with Crippen molar-refractivity contribution >= 4 is 0 Å². The zero-order valence-electron chi connectivity index (χ0n) is 11.0. The van der Waals surface area contributed by atoms with Gasteiger partial charge in [-0.05, 0) is 18.4 Å². The van der Waals surface area contributed by atoms with E-state index in [9.17, 15) is 0 Å². The number of nitrogens with one attached hydrogen (secondary N) is 1. The molecule has 1 aliphatic rings. The van der Waals surface area contributed by atoms with Gasteiger partial charge in [-0.2, -0.15) is 0 Å². The van der Waals surface area contributed by atoms with Crippen LogP contribution in [0.5, 0.6) is 0 Å². The second-order valence-electron chi connectivity index (χ2n) is 4.99. The minimum atomic E-state index is 0.668. The first-order chi connectivity index (χ1) is 8.33. The first kappa shape index (κ1) is 12.6. The summed E-state index contributed by atoms with van der Waals surface area (Å²) in [7, 11) is 0. The summed E-state index contributed by atoms with van der Waals surface area (Å²) >= 11 is 0. The Morgan fingerprint density at radius 2 is 1.94 bits per heavy atom. The van der Waals surface area contributed by atoms with Gasteiger partial charge in [-0.25, -0.2) is 0 Å². The number of hydrogen-bond donors (Lipinski definition) is 1. The normalized spacial score (nSPS) is 26.0. The molecule has 0 spiro atoms. The highest BCUT2D eigenvalue weighted by atomic mass is 15.2. The fourth-order valence-corrected chi connectivity index (χ4v) is 2.62. The Kier molecular flexibility index (Phi) is 4.57. The summed E-state index contributed by atoms with van der Waals surface area (Å²) in [5, 5.41) is 3.64. The highest BCUT2D eigenvalue weighted by Gasteiger charge is 2.25. The van der Waals surface area contributed by atoms with Gasteiger partial charge >= 0.3 is 0 Å². The predicted octanol–water partition coefficient (Wildman–Crippen LogP) is 2.65. The highest BCUT2D eigenvalue weighted by Crippen LogP contribution is 2.15. The summed E-state index contributed by atoms with van der Waals surface area (Å²) in [6, 6.07) is 12.2. The van der Waals surface area contributed by atoms with Gasteiger partial charge in [0.2, 0.25) is 0 Å². The van der Waals surface area contributed by atoms with E-state index in [0.29, 0.717) is 12.1 Å². The van der Waals surface area contributed by atoms with Crippen LogP contribution in [0.4, 0.5) is 0 Å². The van der Waals surface area contributed by atoms with Crippen LogP contribution in [0.3, 0.4) is 0 Å². The van der Waals surface area contributed by atoms with Crippen molar-refractivity contribution in [3.05, 3.63) is 35.9 Å². The van der Waals surface area contributed by atoms with Crippen LogP contribution in [0.2, 0.25) is 0 Å². The summed E-state index contributed by atoms with van der Waals surface area (Å²) in [5.74, 6) is 0. The van der Waals surface area contributed by atoms with Gasteiger partial charge in [0.25, 0.3) is 0 Å². The summed E-state index contributed by atoms with van der Waals surface area (Å²) in [6.07, 6.45) is 2.46. The average molecular weight is 232 g/mol. The van der Waals surface area contributed by atoms with Crippen LogP contribution in [-0.4, -0.2) is 30.1 Å². The molecule has 0 saturated carbocycles. The number of nitrogens with zero attached hydrogens (tertiary/aromatic N) is 1. The standard InChI is InChI=1S/C15H24N2/c1-3-14-12-17(15(4-2)10-16-14)11-13-8-6-5-7-9-13/h5-9,14-16H,3-4,10-12H2,1-2H3/t14-,15+/m1/s1. The molecular formula is C15H24N2. The zero-order valence-corrected chi connectivity index (χ0v) is 11.0. The molecule has 94 valence electrons. The van der Waals surface area contributed by atoms with Crippen LogP contribution < -0.4 is 5.32 Å². The molecule has 0 aliphatic carbocycles. The smallest absolute Gasteiger partial charge is 0.0237 e. The van der Waals surface area contributed by atoms with Crippen molar-refractivity contribution in [2.24, 2.45) is 0 Å². The van der Waals surface area contributed by atoms with Crippen molar-refractivity contribution < 1.29 is 0 Å². The molecule has 0 unspecified atom stereocenters. The maximum atomic E-state index is 3.64. The lowest BCUT2D eigenvalue weighted by atomic mass is 10.0. The van der Waals surface area contributed by atoms with E-state index in [2.05, 4.69) is 54.4 Å². The Morgan fingerprint density at radius 3 is 2.59 bits per heavy atom. The lowest BCUT2D eigenvalue weighted by Crippen LogP contribution is -2.55. The molecule has 1 heterocycles. The third kappa shape index (κ3) is 3.30. The zero-order chi connectivity index (χ0) is 12.1. The average Bonchev–Trinajstić information content (AvgIpc) is 2.40. The molecule has 2 atom stereocenters. The first-order valence-electron chi connectivity index (χ1n) is 6.84. The van der Waals surface area contributed by atoms with Gasteiger partial charge in [0.05, 0.1) is 0 Å². The van der Waals surface area contributed by atoms with Gasteiger partial charge < -0.3 is 5.32 Å². The molecule has 1 fully saturated rings. The van der Waals surface area contributed by atoms with Crippen LogP contribution in [0.1, 0.15) is 32.3 Å². The summed E-state index contributed by atoms with van der Waals surface area (Å²) in [6.45, 7) is 7.98. The highest BCUT2D eigenvalue weighted by molar-refractivity contribution is 5.14. The van der Waals surface area contributed by atoms with Gasteiger partial charge in [0.1, 0.15) is 0 Å². The Bertz CT molecular complexity index is 323. The molecule has 2 rings (SSSR count). The molecule has 0 amide bonds. The predicted molar refractivity (Wildman–Crippen MR) is 73.0 cm³/mol. The van der Waals surface area contributed by atoms with E-state index in [-0.39, 0.29) is 0 Å². The van der Waals surface area contributed by atoms with Crippen LogP contribution in [0.25, 0.3) is 0 Å². The maximum Gasteiger partial charge on any atom is 0.0237 e. The van der Waals surface area contributed by atoms with Crippen molar-refractivity contribution in [2.75, 3.05) is 13.1 Å². The molecule has 0 bridgehead atoms. The summed E-state index contributed by atoms with van der Waals surface area (Å²) in [4.78, 5) is 2.64. The monoisotopic (exact) mass is 232 g/mol. The van der Waals surface area contributed by atoms with E-state index in [1.165, 1.54) is 24.9 Å². The minimum Gasteiger partial charge on any atom is -0.311 e. The first-order valence-corrected chi connectivity index (χ1v) is 6.84. The van der Waals surface area contributed by atoms with E-state index >= 15 is 0 Å². The lowest BCUT2D eigenvalue weighted by molar-refractivity contribution is 0.117. The summed E-state index contributed by atoms with van der Waals surface area (Å²) < 4.78 is 0. The van der Waals surface area contributed by atoms with Gasteiger partial charge in [-0.1, -0.05) is 44.2 Å². The molecule has 0 aromatic heterocycles. The Balaban J connectivity index is 2.00. The quantitative estimate of drug-likeness (QED) is 0.858. The number of hydrogen-bond acceptors (Lipinski definition) is 2. The fraction of sp³-hybridized carbons (Fsp3) is 0.600. The van der Waals surface area contributed by atoms with Crippen molar-refractivity contribution in [2.45, 2.75) is 45.3 Å². The number of piperazine rings is 1. The molecule has 2 heteroatoms. The molecule has 1 aromatic carbocycles. The Hall–Kier alpha value is -0.860. The van der Waals surface area contributed by atoms with E-state index in [4.69, 9.17) is 0 Å². The lowest BCUT2D eigenvalue weighted by Gasteiger charge is -2.40. The molecular weight excluding hydrogens is 208 g/mol. The van der Waals surface area contributed by atoms with Gasteiger partial charge in [0, 0.05) is 31.7 Å². The number of rotatable bonds is 4. The molecule has 1 saturated heterocycles. The van der Waals surface area contributed by atoms with Gasteiger partial charge in [-0.15, -0.1) is 0 Å². The van der Waals surface area contributed by atoms with E-state index < -0.39 is 0 Å². The van der Waals surface area contributed by atoms with Crippen LogP contribution in [0, 0.1) is 0 Å². The van der Waals surface area contributed by atoms with E-state index in [1.807, 2.05) is 0 Å². The van der Waals surface area contributed by atoms with Crippen molar-refractivity contribution in [1.29, 1.82) is 0 Å². The SMILES string of the molecule is CC[C@@H]1CN(Cc2ccccc2)[C@@H](CC)CN1. The van der Waals surface area contributed by atoms with Crippen LogP contribution in [0.15, 0.2) is 30.3 Å². The Labute approximate surface area is 105 Å². The van der Waals surface area contributed by atoms with Crippen LogP contribution >= 0.6 is 0 Å². The number of benzene rings is 1. The van der Waals surface area contributed by atoms with Gasteiger partial charge in [-0.3, -0.25) is 4.90 Å². The molecule has 2 nitrogen and oxygen atoms in total. The molecule has 1 aliphatic heterocycles. The summed E-state index contributed by atoms with van der Waals surface area (Å²) in [5.41, 5.74) is 1.43. The topological polar surface area (TPSA) is 15.3 Å². The second kappa shape index (κ2) is 6.18. The van der Waals surface area contributed by atoms with Gasteiger partial charge in [0.15, 0.2) is 0 Å². The molecule has 0 radical (unpaired) electrons. The minimum absolute atomic E-state index is 0.668. The third-order valence-corrected chi connectivity index (χ3v) is 3.81. The second-order valence-corrected chi connectivity index (χ2v) is 4.99. The van der Waals surface area contributed by atoms with Crippen molar-refractivity contribution in [3.63, 3.8) is 0 Å². The fourth-order valence-electron chi connectivity index (χ4n) is 2.62. The van der Waals surface area contributed by atoms with Crippen LogP contribution in [-0.2, 0) is 6.54 Å². The van der Waals surface area contributed by atoms with E-state index in [0.717, 1.165) is 13.1 Å². The third-order valence-electron chi connectivity index (χ3n) is 3.81. The van der Waals surface area contributed by atoms with E-state index in [1.54, 1.807) is 0 Å². The van der Waals surface area contributed by atoms with Crippen molar-refractivity contribution in [3.8, 4) is 0 Å². The maximum absolute atomic E-state index is 3.64.